The molecule has 218 valence electrons. The van der Waals surface area contributed by atoms with Gasteiger partial charge in [0.15, 0.2) is 0 Å². The Morgan fingerprint density at radius 3 is 1.64 bits per heavy atom. The molecule has 0 bridgehead atoms. The van der Waals surface area contributed by atoms with E-state index in [1.54, 1.807) is 0 Å². The van der Waals surface area contributed by atoms with E-state index in [0.717, 1.165) is 43.9 Å². The monoisotopic (exact) mass is 580 g/mol. The summed E-state index contributed by atoms with van der Waals surface area (Å²) in [4.78, 5) is 4.79. The second-order valence-electron chi connectivity index (χ2n) is 11.0. The van der Waals surface area contributed by atoms with Gasteiger partial charge in [-0.1, -0.05) is 78.9 Å². The molecule has 1 unspecified atom stereocenters. The lowest BCUT2D eigenvalue weighted by atomic mass is 9.94. The molecule has 0 radical (unpaired) electrons. The van der Waals surface area contributed by atoms with Crippen molar-refractivity contribution in [1.82, 2.24) is 9.80 Å². The molecular weight excluding hydrogens is 550 g/mol. The number of alkyl halides is 6. The molecule has 8 heteroatoms. The fraction of sp³-hybridized carbons (Fsp3) is 0.294. The maximum Gasteiger partial charge on any atom is 0.416 e. The Kier molecular flexibility index (Phi) is 7.62. The fourth-order valence-corrected chi connectivity index (χ4v) is 6.53. The van der Waals surface area contributed by atoms with Gasteiger partial charge in [0.2, 0.25) is 0 Å². The van der Waals surface area contributed by atoms with Crippen molar-refractivity contribution in [3.63, 3.8) is 0 Å². The smallest absolute Gasteiger partial charge is 0.294 e. The molecule has 1 atom stereocenters. The highest BCUT2D eigenvalue weighted by Gasteiger charge is 2.38. The van der Waals surface area contributed by atoms with E-state index in [1.165, 1.54) is 22.3 Å². The molecule has 42 heavy (non-hydrogen) atoms. The lowest BCUT2D eigenvalue weighted by Gasteiger charge is -2.42. The number of halogens is 6. The minimum absolute atomic E-state index is 0.0379. The summed E-state index contributed by atoms with van der Waals surface area (Å²) in [6.07, 6.45) is -9.22. The highest BCUT2D eigenvalue weighted by molar-refractivity contribution is 5.78. The van der Waals surface area contributed by atoms with Gasteiger partial charge in [0, 0.05) is 32.2 Å². The summed E-state index contributed by atoms with van der Waals surface area (Å²) in [5.41, 5.74) is 3.59. The minimum Gasteiger partial charge on any atom is -0.294 e. The first kappa shape index (κ1) is 28.5. The van der Waals surface area contributed by atoms with Gasteiger partial charge >= 0.3 is 12.4 Å². The molecule has 2 aliphatic rings. The zero-order chi connectivity index (χ0) is 29.5. The first-order chi connectivity index (χ1) is 20.1. The second kappa shape index (κ2) is 11.2. The molecule has 1 aliphatic heterocycles. The van der Waals surface area contributed by atoms with Crippen molar-refractivity contribution in [1.29, 1.82) is 0 Å². The molecule has 2 nitrogen and oxygen atoms in total. The normalized spacial score (nSPS) is 17.2. The lowest BCUT2D eigenvalue weighted by molar-refractivity contribution is -0.143. The molecule has 0 spiro atoms. The Morgan fingerprint density at radius 1 is 0.619 bits per heavy atom. The molecule has 0 aromatic heterocycles. The second-order valence-corrected chi connectivity index (χ2v) is 11.0. The van der Waals surface area contributed by atoms with Crippen LogP contribution >= 0.6 is 0 Å². The van der Waals surface area contributed by atoms with E-state index < -0.39 is 23.5 Å². The maximum absolute atomic E-state index is 13.5. The SMILES string of the molecule is FC(F)(F)c1cc(CCC(c2ccccc2)N2CCN(C3c4ccccc4-c4ccccc43)CC2)cc(C(F)(F)F)c1. The van der Waals surface area contributed by atoms with Gasteiger partial charge < -0.3 is 0 Å². The Morgan fingerprint density at radius 2 is 1.12 bits per heavy atom. The van der Waals surface area contributed by atoms with E-state index in [4.69, 9.17) is 0 Å². The third-order valence-corrected chi connectivity index (χ3v) is 8.49. The van der Waals surface area contributed by atoms with Crippen LogP contribution in [0.2, 0.25) is 0 Å². The number of hydrogen-bond donors (Lipinski definition) is 0. The van der Waals surface area contributed by atoms with Gasteiger partial charge in [-0.25, -0.2) is 0 Å². The topological polar surface area (TPSA) is 6.48 Å². The number of fused-ring (bicyclic) bond motifs is 3. The van der Waals surface area contributed by atoms with E-state index >= 15 is 0 Å². The largest absolute Gasteiger partial charge is 0.416 e. The zero-order valence-electron chi connectivity index (χ0n) is 22.8. The number of piperazine rings is 1. The van der Waals surface area contributed by atoms with Gasteiger partial charge in [-0.3, -0.25) is 9.80 Å². The Hall–Kier alpha value is -3.62. The molecule has 4 aromatic rings. The maximum atomic E-state index is 13.5. The Balaban J connectivity index is 1.22. The first-order valence-corrected chi connectivity index (χ1v) is 14.1. The van der Waals surface area contributed by atoms with Crippen molar-refractivity contribution in [2.75, 3.05) is 26.2 Å². The van der Waals surface area contributed by atoms with Crippen LogP contribution in [0.1, 0.15) is 51.9 Å². The lowest BCUT2D eigenvalue weighted by Crippen LogP contribution is -2.48. The number of hydrogen-bond acceptors (Lipinski definition) is 2. The first-order valence-electron chi connectivity index (χ1n) is 14.1. The van der Waals surface area contributed by atoms with E-state index in [2.05, 4.69) is 58.3 Å². The number of benzene rings is 4. The number of aryl methyl sites for hydroxylation is 1. The van der Waals surface area contributed by atoms with Crippen molar-refractivity contribution in [3.05, 3.63) is 130 Å². The van der Waals surface area contributed by atoms with Crippen molar-refractivity contribution in [3.8, 4) is 11.1 Å². The van der Waals surface area contributed by atoms with Gasteiger partial charge in [0.1, 0.15) is 0 Å². The molecular formula is C34H30F6N2. The Bertz CT molecular complexity index is 1460. The quantitative estimate of drug-likeness (QED) is 0.210. The van der Waals surface area contributed by atoms with Gasteiger partial charge in [-0.05, 0) is 64.4 Å². The van der Waals surface area contributed by atoms with E-state index in [9.17, 15) is 26.3 Å². The summed E-state index contributed by atoms with van der Waals surface area (Å²) in [6, 6.07) is 28.5. The van der Waals surface area contributed by atoms with E-state index in [0.29, 0.717) is 6.42 Å². The number of rotatable bonds is 6. The standard InChI is InChI=1S/C34H30F6N2/c35-33(36,37)25-20-23(21-26(22-25)34(38,39)40)14-15-31(24-8-2-1-3-9-24)41-16-18-42(19-17-41)32-29-12-6-4-10-27(29)28-11-5-7-13-30(28)32/h1-13,20-22,31-32H,14-19H2. The van der Waals surface area contributed by atoms with Gasteiger partial charge in [-0.2, -0.15) is 26.3 Å². The zero-order valence-corrected chi connectivity index (χ0v) is 22.8. The predicted octanol–water partition coefficient (Wildman–Crippen LogP) is 8.79. The molecule has 1 fully saturated rings. The third kappa shape index (κ3) is 5.70. The van der Waals surface area contributed by atoms with Gasteiger partial charge in [0.25, 0.3) is 0 Å². The highest BCUT2D eigenvalue weighted by atomic mass is 19.4. The molecule has 1 aliphatic carbocycles. The molecule has 1 heterocycles. The minimum atomic E-state index is -4.86. The summed E-state index contributed by atoms with van der Waals surface area (Å²) < 4.78 is 80.8. The van der Waals surface area contributed by atoms with Crippen LogP contribution in [0, 0.1) is 0 Å². The summed E-state index contributed by atoms with van der Waals surface area (Å²) in [7, 11) is 0. The van der Waals surface area contributed by atoms with Gasteiger partial charge in [-0.15, -0.1) is 0 Å². The van der Waals surface area contributed by atoms with Crippen LogP contribution in [0.3, 0.4) is 0 Å². The van der Waals surface area contributed by atoms with Crippen LogP contribution in [-0.4, -0.2) is 36.0 Å². The van der Waals surface area contributed by atoms with Gasteiger partial charge in [0.05, 0.1) is 17.2 Å². The summed E-state index contributed by atoms with van der Waals surface area (Å²) >= 11 is 0. The van der Waals surface area contributed by atoms with Crippen LogP contribution < -0.4 is 0 Å². The van der Waals surface area contributed by atoms with Crippen molar-refractivity contribution >= 4 is 0 Å². The molecule has 0 saturated carbocycles. The molecule has 1 saturated heterocycles. The van der Waals surface area contributed by atoms with Crippen molar-refractivity contribution < 1.29 is 26.3 Å². The summed E-state index contributed by atoms with van der Waals surface area (Å²) in [5.74, 6) is 0. The van der Waals surface area contributed by atoms with Crippen molar-refractivity contribution in [2.24, 2.45) is 0 Å². The molecule has 6 rings (SSSR count). The Labute approximate surface area is 241 Å². The van der Waals surface area contributed by atoms with E-state index in [-0.39, 0.29) is 30.1 Å². The van der Waals surface area contributed by atoms with E-state index in [1.807, 2.05) is 30.3 Å². The van der Waals surface area contributed by atoms with Crippen LogP contribution in [-0.2, 0) is 18.8 Å². The average molecular weight is 581 g/mol. The van der Waals surface area contributed by atoms with Crippen LogP contribution in [0.5, 0.6) is 0 Å². The molecule has 4 aromatic carbocycles. The van der Waals surface area contributed by atoms with Crippen LogP contribution in [0.4, 0.5) is 26.3 Å². The number of nitrogens with zero attached hydrogens (tertiary/aromatic N) is 2. The molecule has 0 N–H and O–H groups in total. The van der Waals surface area contributed by atoms with Crippen LogP contribution in [0.15, 0.2) is 97.1 Å². The predicted molar refractivity (Wildman–Crippen MR) is 151 cm³/mol. The highest BCUT2D eigenvalue weighted by Crippen LogP contribution is 2.46. The van der Waals surface area contributed by atoms with Crippen molar-refractivity contribution in [2.45, 2.75) is 37.3 Å². The summed E-state index contributed by atoms with van der Waals surface area (Å²) in [5, 5.41) is 0. The fourth-order valence-electron chi connectivity index (χ4n) is 6.53. The summed E-state index contributed by atoms with van der Waals surface area (Å²) in [6.45, 7) is 3.05. The van der Waals surface area contributed by atoms with Crippen LogP contribution in [0.25, 0.3) is 11.1 Å². The molecule has 0 amide bonds. The third-order valence-electron chi connectivity index (χ3n) is 8.49. The average Bonchev–Trinajstić information content (AvgIpc) is 3.32.